The molecule has 146 valence electrons. The molecule has 3 N–H and O–H groups in total. The molecule has 1 unspecified atom stereocenters. The number of nitrogens with two attached hydrogens (primary N) is 1. The summed E-state index contributed by atoms with van der Waals surface area (Å²) in [6.45, 7) is 5.49. The van der Waals surface area contributed by atoms with Crippen LogP contribution in [0.3, 0.4) is 0 Å². The standard InChI is InChI=1S/C22H26N4OS/c1-14-5-7-16(8-6-14)10-17(12-23)25-22(27)20-11-18-19(28-20)4-3-9-26-21(18)15(2)13-24-26/h5-8,11,13,17H,3-4,9-10,12,23H2,1-2H3,(H,25,27). The number of aromatic nitrogens is 2. The minimum Gasteiger partial charge on any atom is -0.347 e. The minimum absolute atomic E-state index is 0.0376. The van der Waals surface area contributed by atoms with E-state index in [9.17, 15) is 4.79 Å². The second-order valence-electron chi connectivity index (χ2n) is 7.55. The lowest BCUT2D eigenvalue weighted by Crippen LogP contribution is -2.41. The molecular formula is C22H26N4OS. The smallest absolute Gasteiger partial charge is 0.261 e. The fourth-order valence-corrected chi connectivity index (χ4v) is 4.88. The third-order valence-electron chi connectivity index (χ3n) is 5.31. The molecule has 4 rings (SSSR count). The first-order valence-corrected chi connectivity index (χ1v) is 10.6. The van der Waals surface area contributed by atoms with Crippen molar-refractivity contribution in [3.63, 3.8) is 0 Å². The van der Waals surface area contributed by atoms with E-state index in [0.717, 1.165) is 47.5 Å². The van der Waals surface area contributed by atoms with Gasteiger partial charge in [-0.15, -0.1) is 11.3 Å². The van der Waals surface area contributed by atoms with Crippen LogP contribution in [0.15, 0.2) is 36.5 Å². The molecular weight excluding hydrogens is 368 g/mol. The fourth-order valence-electron chi connectivity index (χ4n) is 3.77. The van der Waals surface area contributed by atoms with Gasteiger partial charge in [-0.3, -0.25) is 9.48 Å². The summed E-state index contributed by atoms with van der Waals surface area (Å²) in [5.74, 6) is -0.0376. The summed E-state index contributed by atoms with van der Waals surface area (Å²) >= 11 is 1.60. The molecule has 1 aromatic carbocycles. The molecule has 1 aliphatic rings. The van der Waals surface area contributed by atoms with Gasteiger partial charge in [0.15, 0.2) is 0 Å². The fraction of sp³-hybridized carbons (Fsp3) is 0.364. The zero-order chi connectivity index (χ0) is 19.7. The number of thiophene rings is 1. The van der Waals surface area contributed by atoms with Gasteiger partial charge in [0.2, 0.25) is 0 Å². The number of aryl methyl sites for hydroxylation is 4. The maximum absolute atomic E-state index is 12.9. The van der Waals surface area contributed by atoms with Crippen LogP contribution < -0.4 is 11.1 Å². The maximum atomic E-state index is 12.9. The van der Waals surface area contributed by atoms with Crippen LogP contribution in [-0.4, -0.2) is 28.3 Å². The first-order chi connectivity index (χ1) is 13.5. The van der Waals surface area contributed by atoms with Gasteiger partial charge >= 0.3 is 0 Å². The summed E-state index contributed by atoms with van der Waals surface area (Å²) in [7, 11) is 0. The molecule has 1 amide bonds. The number of nitrogens with one attached hydrogen (secondary N) is 1. The van der Waals surface area contributed by atoms with E-state index in [1.807, 2.05) is 12.3 Å². The molecule has 0 bridgehead atoms. The van der Waals surface area contributed by atoms with E-state index in [0.29, 0.717) is 6.54 Å². The number of fused-ring (bicyclic) bond motifs is 3. The lowest BCUT2D eigenvalue weighted by atomic mass is 10.0. The second-order valence-corrected chi connectivity index (χ2v) is 8.68. The van der Waals surface area contributed by atoms with Crippen molar-refractivity contribution >= 4 is 17.2 Å². The summed E-state index contributed by atoms with van der Waals surface area (Å²) < 4.78 is 2.07. The third-order valence-corrected chi connectivity index (χ3v) is 6.50. The Morgan fingerprint density at radius 3 is 2.86 bits per heavy atom. The van der Waals surface area contributed by atoms with Crippen molar-refractivity contribution in [3.8, 4) is 11.3 Å². The Morgan fingerprint density at radius 1 is 1.32 bits per heavy atom. The highest BCUT2D eigenvalue weighted by Gasteiger charge is 2.23. The lowest BCUT2D eigenvalue weighted by molar-refractivity contribution is 0.0942. The monoisotopic (exact) mass is 394 g/mol. The minimum atomic E-state index is -0.0793. The molecule has 0 saturated heterocycles. The van der Waals surface area contributed by atoms with Crippen LogP contribution in [-0.2, 0) is 19.4 Å². The third kappa shape index (κ3) is 3.75. The highest BCUT2D eigenvalue weighted by Crippen LogP contribution is 2.36. The Kier molecular flexibility index (Phi) is 5.33. The molecule has 0 radical (unpaired) electrons. The Labute approximate surface area is 169 Å². The molecule has 6 heteroatoms. The van der Waals surface area contributed by atoms with E-state index in [4.69, 9.17) is 5.73 Å². The van der Waals surface area contributed by atoms with Crippen LogP contribution >= 0.6 is 11.3 Å². The van der Waals surface area contributed by atoms with Crippen molar-refractivity contribution < 1.29 is 4.79 Å². The van der Waals surface area contributed by atoms with Crippen LogP contribution in [0.5, 0.6) is 0 Å². The van der Waals surface area contributed by atoms with Crippen molar-refractivity contribution in [3.05, 3.63) is 63.0 Å². The molecule has 0 saturated carbocycles. The van der Waals surface area contributed by atoms with Crippen LogP contribution in [0, 0.1) is 13.8 Å². The van der Waals surface area contributed by atoms with E-state index in [2.05, 4.69) is 53.2 Å². The quantitative estimate of drug-likeness (QED) is 0.696. The number of rotatable bonds is 5. The topological polar surface area (TPSA) is 72.9 Å². The van der Waals surface area contributed by atoms with Gasteiger partial charge in [-0.25, -0.2) is 0 Å². The molecule has 0 fully saturated rings. The molecule has 1 atom stereocenters. The SMILES string of the molecule is Cc1ccc(CC(CN)NC(=O)c2cc3c(s2)CCCn2ncc(C)c2-3)cc1. The van der Waals surface area contributed by atoms with Crippen molar-refractivity contribution in [2.24, 2.45) is 5.73 Å². The van der Waals surface area contributed by atoms with Crippen molar-refractivity contribution in [2.75, 3.05) is 6.54 Å². The Bertz CT molecular complexity index is 987. The lowest BCUT2D eigenvalue weighted by Gasteiger charge is -2.16. The summed E-state index contributed by atoms with van der Waals surface area (Å²) in [5.41, 5.74) is 11.8. The van der Waals surface area contributed by atoms with Gasteiger partial charge in [0, 0.05) is 29.6 Å². The predicted octanol–water partition coefficient (Wildman–Crippen LogP) is 3.47. The first kappa shape index (κ1) is 18.9. The Morgan fingerprint density at radius 2 is 2.11 bits per heavy atom. The molecule has 0 spiro atoms. The van der Waals surface area contributed by atoms with Gasteiger partial charge in [0.25, 0.3) is 5.91 Å². The average molecular weight is 395 g/mol. The van der Waals surface area contributed by atoms with Crippen molar-refractivity contribution in [2.45, 2.75) is 45.7 Å². The summed E-state index contributed by atoms with van der Waals surface area (Å²) in [4.78, 5) is 14.9. The molecule has 0 aliphatic carbocycles. The molecule has 5 nitrogen and oxygen atoms in total. The predicted molar refractivity (Wildman–Crippen MR) is 114 cm³/mol. The number of nitrogens with zero attached hydrogens (tertiary/aromatic N) is 2. The van der Waals surface area contributed by atoms with Gasteiger partial charge in [0.05, 0.1) is 16.8 Å². The van der Waals surface area contributed by atoms with Crippen LogP contribution in [0.25, 0.3) is 11.3 Å². The first-order valence-electron chi connectivity index (χ1n) is 9.77. The maximum Gasteiger partial charge on any atom is 0.261 e. The van der Waals surface area contributed by atoms with Crippen molar-refractivity contribution in [1.29, 1.82) is 0 Å². The number of carbonyl (C=O) groups excluding carboxylic acids is 1. The normalized spacial score (nSPS) is 14.1. The molecule has 28 heavy (non-hydrogen) atoms. The largest absolute Gasteiger partial charge is 0.347 e. The van der Waals surface area contributed by atoms with Crippen LogP contribution in [0.2, 0.25) is 0 Å². The van der Waals surface area contributed by atoms with Crippen LogP contribution in [0.1, 0.15) is 37.7 Å². The van der Waals surface area contributed by atoms with Gasteiger partial charge in [-0.05, 0) is 50.3 Å². The van der Waals surface area contributed by atoms with E-state index < -0.39 is 0 Å². The van der Waals surface area contributed by atoms with E-state index in [1.165, 1.54) is 16.0 Å². The van der Waals surface area contributed by atoms with Crippen LogP contribution in [0.4, 0.5) is 0 Å². The molecule has 3 aromatic rings. The Balaban J connectivity index is 1.53. The number of benzene rings is 1. The van der Waals surface area contributed by atoms with E-state index in [-0.39, 0.29) is 11.9 Å². The number of amides is 1. The summed E-state index contributed by atoms with van der Waals surface area (Å²) in [6, 6.07) is 10.3. The zero-order valence-electron chi connectivity index (χ0n) is 16.4. The molecule has 1 aliphatic heterocycles. The average Bonchev–Trinajstić information content (AvgIpc) is 3.22. The second kappa shape index (κ2) is 7.89. The Hall–Kier alpha value is -2.44. The number of hydrogen-bond acceptors (Lipinski definition) is 4. The van der Waals surface area contributed by atoms with E-state index >= 15 is 0 Å². The highest BCUT2D eigenvalue weighted by molar-refractivity contribution is 7.14. The number of hydrogen-bond donors (Lipinski definition) is 2. The zero-order valence-corrected chi connectivity index (χ0v) is 17.2. The molecule has 2 aromatic heterocycles. The summed E-state index contributed by atoms with van der Waals surface area (Å²) in [6.07, 6.45) is 4.68. The number of carbonyl (C=O) groups is 1. The molecule has 3 heterocycles. The van der Waals surface area contributed by atoms with Gasteiger partial charge in [-0.1, -0.05) is 29.8 Å². The summed E-state index contributed by atoms with van der Waals surface area (Å²) in [5, 5.41) is 7.62. The van der Waals surface area contributed by atoms with Gasteiger partial charge in [0.1, 0.15) is 0 Å². The highest BCUT2D eigenvalue weighted by atomic mass is 32.1. The van der Waals surface area contributed by atoms with Gasteiger partial charge < -0.3 is 11.1 Å². The van der Waals surface area contributed by atoms with Crippen molar-refractivity contribution in [1.82, 2.24) is 15.1 Å². The van der Waals surface area contributed by atoms with E-state index in [1.54, 1.807) is 11.3 Å². The van der Waals surface area contributed by atoms with Gasteiger partial charge in [-0.2, -0.15) is 5.10 Å².